The van der Waals surface area contributed by atoms with Gasteiger partial charge in [0.05, 0.1) is 67.8 Å². The number of nitrogens with zero attached hydrogens (tertiary/aromatic N) is 4. The molecule has 2 aromatic carbocycles. The predicted octanol–water partition coefficient (Wildman–Crippen LogP) is 6.87. The molecule has 0 unspecified atom stereocenters. The van der Waals surface area contributed by atoms with E-state index in [1.165, 1.54) is 33.9 Å². The van der Waals surface area contributed by atoms with Gasteiger partial charge in [-0.15, -0.1) is 0 Å². The van der Waals surface area contributed by atoms with Crippen LogP contribution in [-0.2, 0) is 10.8 Å². The maximum atomic E-state index is 6.27. The maximum absolute atomic E-state index is 6.27. The summed E-state index contributed by atoms with van der Waals surface area (Å²) in [5, 5.41) is 0. The molecule has 0 saturated heterocycles. The summed E-state index contributed by atoms with van der Waals surface area (Å²) in [4.78, 5) is 2.50. The second-order valence-corrected chi connectivity index (χ2v) is 15.6. The second kappa shape index (κ2) is 14.2. The zero-order valence-corrected chi connectivity index (χ0v) is 30.9. The van der Waals surface area contributed by atoms with Gasteiger partial charge in [0.25, 0.3) is 0 Å². The molecule has 2 N–H and O–H groups in total. The highest BCUT2D eigenvalue weighted by Gasteiger charge is 2.44. The molecule has 7 heteroatoms. The Morgan fingerprint density at radius 2 is 1.38 bits per heavy atom. The second-order valence-electron chi connectivity index (χ2n) is 15.6. The third-order valence-corrected chi connectivity index (χ3v) is 9.48. The van der Waals surface area contributed by atoms with Crippen LogP contribution in [0.1, 0.15) is 51.7 Å². The van der Waals surface area contributed by atoms with Crippen molar-refractivity contribution in [2.24, 2.45) is 5.84 Å². The molecule has 0 spiro atoms. The summed E-state index contributed by atoms with van der Waals surface area (Å²) < 4.78 is 15.1. The van der Waals surface area contributed by atoms with Crippen LogP contribution in [0.4, 0.5) is 11.4 Å². The molecule has 47 heavy (non-hydrogen) atoms. The van der Waals surface area contributed by atoms with E-state index in [1.54, 1.807) is 14.2 Å². The normalized spacial score (nSPS) is 18.3. The highest BCUT2D eigenvalue weighted by Crippen LogP contribution is 2.49. The van der Waals surface area contributed by atoms with Crippen LogP contribution in [0, 0.1) is 0 Å². The van der Waals surface area contributed by atoms with E-state index in [9.17, 15) is 0 Å². The minimum absolute atomic E-state index is 0.127. The number of fused-ring (bicyclic) bond motifs is 2. The lowest BCUT2D eigenvalue weighted by Crippen LogP contribution is -2.47. The molecular weight excluding hydrogens is 582 g/mol. The van der Waals surface area contributed by atoms with Crippen molar-refractivity contribution in [3.63, 3.8) is 0 Å². The summed E-state index contributed by atoms with van der Waals surface area (Å²) in [5.74, 6) is 8.06. The highest BCUT2D eigenvalue weighted by atomic mass is 16.5. The molecular formula is C40H60N5O2+3. The number of benzene rings is 2. The van der Waals surface area contributed by atoms with Gasteiger partial charge < -0.3 is 18.9 Å². The van der Waals surface area contributed by atoms with Crippen molar-refractivity contribution >= 4 is 17.1 Å². The standard InChI is InChI=1S/C40H60N5O2/c1-39(2)33-29-31(46-10)21-23-35(33)42(25-17-27-44(5,6)7)37(39)19-15-13-12-14-16-20-38-40(3,4)34-30-32(47-11)22-24-36(34)43(38)26-18-28-45(8,9)41/h12-16,19-24,29-30H,17-18,25-28,41H2,1-11H3/q+3. The quantitative estimate of drug-likeness (QED) is 0.0804. The fourth-order valence-corrected chi connectivity index (χ4v) is 6.87. The van der Waals surface area contributed by atoms with Crippen molar-refractivity contribution in [1.29, 1.82) is 0 Å². The molecule has 4 rings (SSSR count). The van der Waals surface area contributed by atoms with Gasteiger partial charge in [0.2, 0.25) is 5.69 Å². The Morgan fingerprint density at radius 1 is 0.766 bits per heavy atom. The summed E-state index contributed by atoms with van der Waals surface area (Å²) in [7, 11) is 14.3. The van der Waals surface area contributed by atoms with Gasteiger partial charge in [-0.1, -0.05) is 44.2 Å². The molecule has 2 aliphatic heterocycles. The number of hydrogen-bond acceptors (Lipinski definition) is 4. The minimum Gasteiger partial charge on any atom is -0.497 e. The number of methoxy groups -OCH3 is 2. The third-order valence-electron chi connectivity index (χ3n) is 9.48. The molecule has 7 nitrogen and oxygen atoms in total. The van der Waals surface area contributed by atoms with Crippen LogP contribution in [0.25, 0.3) is 0 Å². The first-order valence-electron chi connectivity index (χ1n) is 16.9. The van der Waals surface area contributed by atoms with E-state index in [4.69, 9.17) is 15.3 Å². The van der Waals surface area contributed by atoms with Crippen LogP contribution in [0.3, 0.4) is 0 Å². The maximum Gasteiger partial charge on any atom is 0.210 e. The Bertz CT molecular complexity index is 1580. The number of hydrogen-bond donors (Lipinski definition) is 1. The van der Waals surface area contributed by atoms with Crippen LogP contribution in [-0.4, -0.2) is 95.0 Å². The van der Waals surface area contributed by atoms with Crippen LogP contribution in [0.15, 0.2) is 84.6 Å². The number of quaternary nitrogens is 2. The SMILES string of the molecule is COc1ccc2c(c1)C(C)(C)C(/C=C/C=C/C=C/C=C1/N(CCC[N+](C)(C)C)c3ccc(OC)cc3C1(C)C)=[N+]2CCC[N+](C)(C)N. The fourth-order valence-electron chi connectivity index (χ4n) is 6.87. The van der Waals surface area contributed by atoms with E-state index in [2.05, 4.69) is 137 Å². The van der Waals surface area contributed by atoms with Crippen LogP contribution >= 0.6 is 0 Å². The smallest absolute Gasteiger partial charge is 0.210 e. The molecule has 254 valence electrons. The van der Waals surface area contributed by atoms with Gasteiger partial charge >= 0.3 is 0 Å². The Kier molecular flexibility index (Phi) is 11.0. The van der Waals surface area contributed by atoms with Crippen molar-refractivity contribution in [3.8, 4) is 11.5 Å². The molecule has 2 heterocycles. The van der Waals surface area contributed by atoms with Gasteiger partial charge in [-0.05, 0) is 55.8 Å². The molecule has 0 radical (unpaired) electrons. The average Bonchev–Trinajstić information content (AvgIpc) is 3.33. The summed E-state index contributed by atoms with van der Waals surface area (Å²) in [5.41, 5.74) is 7.45. The lowest BCUT2D eigenvalue weighted by Gasteiger charge is -2.29. The molecule has 0 amide bonds. The highest BCUT2D eigenvalue weighted by molar-refractivity contribution is 6.03. The minimum atomic E-state index is -0.150. The van der Waals surface area contributed by atoms with Gasteiger partial charge in [0.1, 0.15) is 18.0 Å². The van der Waals surface area contributed by atoms with E-state index in [0.717, 1.165) is 55.0 Å². The summed E-state index contributed by atoms with van der Waals surface area (Å²) in [6, 6.07) is 12.9. The number of nitrogens with two attached hydrogens (primary N) is 1. The zero-order chi connectivity index (χ0) is 34.6. The van der Waals surface area contributed by atoms with E-state index < -0.39 is 0 Å². The number of rotatable bonds is 14. The molecule has 0 aromatic heterocycles. The topological polar surface area (TPSA) is 50.7 Å². The Hall–Kier alpha value is -3.65. The molecule has 0 bridgehead atoms. The largest absolute Gasteiger partial charge is 0.497 e. The lowest BCUT2D eigenvalue weighted by atomic mass is 9.81. The van der Waals surface area contributed by atoms with Gasteiger partial charge in [-0.25, -0.2) is 0 Å². The van der Waals surface area contributed by atoms with E-state index >= 15 is 0 Å². The first-order chi connectivity index (χ1) is 22.0. The number of ether oxygens (including phenoxy) is 2. The Labute approximate surface area is 284 Å². The van der Waals surface area contributed by atoms with Gasteiger partial charge in [-0.2, -0.15) is 10.4 Å². The number of allylic oxidation sites excluding steroid dienone is 8. The van der Waals surface area contributed by atoms with E-state index in [1.807, 2.05) is 14.1 Å². The summed E-state index contributed by atoms with van der Waals surface area (Å²) in [6.07, 6.45) is 17.4. The van der Waals surface area contributed by atoms with Gasteiger partial charge in [0, 0.05) is 47.5 Å². The number of anilines is 1. The zero-order valence-electron chi connectivity index (χ0n) is 30.9. The van der Waals surface area contributed by atoms with Crippen LogP contribution in [0.2, 0.25) is 0 Å². The molecule has 2 aliphatic rings. The molecule has 0 fully saturated rings. The molecule has 2 aromatic rings. The monoisotopic (exact) mass is 642 g/mol. The first-order valence-corrected chi connectivity index (χ1v) is 16.9. The van der Waals surface area contributed by atoms with E-state index in [-0.39, 0.29) is 10.8 Å². The van der Waals surface area contributed by atoms with Gasteiger partial charge in [0.15, 0.2) is 12.3 Å². The lowest BCUT2D eigenvalue weighted by molar-refractivity contribution is -0.903. The molecule has 0 atom stereocenters. The fraction of sp³-hybridized carbons (Fsp3) is 0.475. The van der Waals surface area contributed by atoms with Crippen molar-refractivity contribution in [2.45, 2.75) is 51.4 Å². The van der Waals surface area contributed by atoms with Crippen molar-refractivity contribution < 1.29 is 23.1 Å². The average molecular weight is 643 g/mol. The van der Waals surface area contributed by atoms with Crippen LogP contribution in [0.5, 0.6) is 11.5 Å². The molecule has 0 saturated carbocycles. The van der Waals surface area contributed by atoms with Crippen molar-refractivity contribution in [2.75, 3.05) is 80.5 Å². The van der Waals surface area contributed by atoms with Crippen molar-refractivity contribution in [3.05, 3.63) is 95.8 Å². The summed E-state index contributed by atoms with van der Waals surface area (Å²) >= 11 is 0. The molecule has 0 aliphatic carbocycles. The predicted molar refractivity (Wildman–Crippen MR) is 198 cm³/mol. The summed E-state index contributed by atoms with van der Waals surface area (Å²) in [6.45, 7) is 13.2. The Balaban J connectivity index is 1.56. The Morgan fingerprint density at radius 3 is 2.02 bits per heavy atom. The van der Waals surface area contributed by atoms with Crippen molar-refractivity contribution in [1.82, 2.24) is 0 Å². The first kappa shape index (κ1) is 36.2. The van der Waals surface area contributed by atoms with Crippen LogP contribution < -0.4 is 20.2 Å². The van der Waals surface area contributed by atoms with Gasteiger partial charge in [-0.3, -0.25) is 4.59 Å². The third kappa shape index (κ3) is 8.45. The van der Waals surface area contributed by atoms with E-state index in [0.29, 0.717) is 4.59 Å².